The Balaban J connectivity index is 2.93. The highest BCUT2D eigenvalue weighted by molar-refractivity contribution is 5.69. The molecule has 1 rings (SSSR count). The fraction of sp³-hybridized carbons (Fsp3) is 0.364. The fourth-order valence-corrected chi connectivity index (χ4v) is 1.22. The maximum atomic E-state index is 12.4. The van der Waals surface area contributed by atoms with Gasteiger partial charge < -0.3 is 9.30 Å². The van der Waals surface area contributed by atoms with Crippen molar-refractivity contribution in [1.82, 2.24) is 4.57 Å². The fourth-order valence-electron chi connectivity index (χ4n) is 1.22. The van der Waals surface area contributed by atoms with Gasteiger partial charge >= 0.3 is 12.1 Å². The van der Waals surface area contributed by atoms with Crippen molar-refractivity contribution in [3.63, 3.8) is 0 Å². The van der Waals surface area contributed by atoms with Gasteiger partial charge in [0.25, 0.3) is 5.56 Å². The highest BCUT2D eigenvalue weighted by atomic mass is 19.4. The number of halogens is 3. The molecule has 19 heavy (non-hydrogen) atoms. The number of aromatic nitrogens is 1. The molecule has 1 aromatic heterocycles. The molecule has 0 fully saturated rings. The lowest BCUT2D eigenvalue weighted by molar-refractivity contribution is -0.147. The van der Waals surface area contributed by atoms with Gasteiger partial charge in [-0.25, -0.2) is 0 Å². The summed E-state index contributed by atoms with van der Waals surface area (Å²) in [5.74, 6) is -0.963. The number of rotatable bonds is 3. The molecule has 0 aliphatic heterocycles. The topological polar surface area (TPSA) is 72.1 Å². The maximum Gasteiger partial charge on any atom is 0.417 e. The first kappa shape index (κ1) is 14.8. The van der Waals surface area contributed by atoms with Crippen LogP contribution >= 0.6 is 0 Å². The number of nitriles is 1. The van der Waals surface area contributed by atoms with Crippen molar-refractivity contribution in [2.75, 3.05) is 0 Å². The predicted octanol–water partition coefficient (Wildman–Crippen LogP) is 1.32. The Kier molecular flexibility index (Phi) is 4.32. The largest absolute Gasteiger partial charge is 0.446 e. The summed E-state index contributed by atoms with van der Waals surface area (Å²) in [5, 5.41) is 8.41. The molecule has 0 amide bonds. The van der Waals surface area contributed by atoms with Crippen molar-refractivity contribution in [1.29, 1.82) is 5.26 Å². The average Bonchev–Trinajstić information content (AvgIpc) is 2.30. The molecule has 1 heterocycles. The summed E-state index contributed by atoms with van der Waals surface area (Å²) in [6.07, 6.45) is -5.12. The summed E-state index contributed by atoms with van der Waals surface area (Å²) >= 11 is 0. The van der Waals surface area contributed by atoms with Crippen LogP contribution < -0.4 is 5.56 Å². The molecule has 0 N–H and O–H groups in total. The number of hydrogen-bond acceptors (Lipinski definition) is 4. The van der Waals surface area contributed by atoms with Gasteiger partial charge in [0.1, 0.15) is 12.6 Å². The van der Waals surface area contributed by atoms with Gasteiger partial charge in [0.2, 0.25) is 0 Å². The zero-order valence-corrected chi connectivity index (χ0v) is 9.77. The van der Waals surface area contributed by atoms with E-state index in [1.807, 2.05) is 0 Å². The Morgan fingerprint density at radius 2 is 2.16 bits per heavy atom. The first-order valence-electron chi connectivity index (χ1n) is 5.11. The first-order chi connectivity index (χ1) is 8.74. The molecule has 102 valence electrons. The molecular formula is C11H9F3N2O3. The second kappa shape index (κ2) is 5.56. The van der Waals surface area contributed by atoms with Gasteiger partial charge in [0, 0.05) is 12.3 Å². The Hall–Kier alpha value is -2.30. The van der Waals surface area contributed by atoms with Crippen molar-refractivity contribution in [2.24, 2.45) is 0 Å². The second-order valence-corrected chi connectivity index (χ2v) is 3.64. The van der Waals surface area contributed by atoms with E-state index < -0.39 is 35.9 Å². The van der Waals surface area contributed by atoms with E-state index in [9.17, 15) is 22.8 Å². The summed E-state index contributed by atoms with van der Waals surface area (Å²) < 4.78 is 42.4. The lowest BCUT2D eigenvalue weighted by atomic mass is 10.3. The molecule has 0 spiro atoms. The molecule has 0 unspecified atom stereocenters. The maximum absolute atomic E-state index is 12.4. The van der Waals surface area contributed by atoms with E-state index in [-0.39, 0.29) is 0 Å². The molecule has 0 aliphatic rings. The van der Waals surface area contributed by atoms with Crippen molar-refractivity contribution in [3.8, 4) is 6.07 Å². The summed E-state index contributed by atoms with van der Waals surface area (Å²) in [4.78, 5) is 22.6. The molecule has 8 heteroatoms. The third-order valence-electron chi connectivity index (χ3n) is 2.10. The minimum atomic E-state index is -4.61. The Labute approximate surface area is 105 Å². The lowest BCUT2D eigenvalue weighted by Crippen LogP contribution is -2.27. The normalized spacial score (nSPS) is 12.6. The van der Waals surface area contributed by atoms with Crippen LogP contribution in [-0.4, -0.2) is 16.6 Å². The molecule has 0 saturated heterocycles. The average molecular weight is 274 g/mol. The molecule has 0 radical (unpaired) electrons. The number of pyridine rings is 1. The Morgan fingerprint density at radius 1 is 1.53 bits per heavy atom. The molecule has 0 aliphatic carbocycles. The number of nitrogens with zero attached hydrogens (tertiary/aromatic N) is 2. The number of carbonyl (C=O) groups is 1. The van der Waals surface area contributed by atoms with Crippen LogP contribution in [0, 0.1) is 11.3 Å². The molecule has 1 atom stereocenters. The Morgan fingerprint density at radius 3 is 2.68 bits per heavy atom. The smallest absolute Gasteiger partial charge is 0.417 e. The molecule has 1 aromatic rings. The van der Waals surface area contributed by atoms with Gasteiger partial charge in [-0.1, -0.05) is 0 Å². The van der Waals surface area contributed by atoms with Crippen molar-refractivity contribution in [2.45, 2.75) is 25.7 Å². The molecular weight excluding hydrogens is 265 g/mol. The van der Waals surface area contributed by atoms with Gasteiger partial charge in [0.05, 0.1) is 5.56 Å². The zero-order valence-electron chi connectivity index (χ0n) is 9.77. The Bertz CT molecular complexity index is 572. The first-order valence-corrected chi connectivity index (χ1v) is 5.11. The van der Waals surface area contributed by atoms with E-state index in [2.05, 4.69) is 4.74 Å². The SMILES string of the molecule is C[C@H](C#N)OC(=O)Cn1cc(C(F)(F)F)ccc1=O. The van der Waals surface area contributed by atoms with E-state index in [0.29, 0.717) is 22.9 Å². The van der Waals surface area contributed by atoms with Crippen molar-refractivity contribution < 1.29 is 22.7 Å². The number of ether oxygens (including phenoxy) is 1. The van der Waals surface area contributed by atoms with E-state index in [0.717, 1.165) is 0 Å². The minimum Gasteiger partial charge on any atom is -0.446 e. The summed E-state index contributed by atoms with van der Waals surface area (Å²) in [6, 6.07) is 2.96. The van der Waals surface area contributed by atoms with Gasteiger partial charge in [-0.05, 0) is 13.0 Å². The van der Waals surface area contributed by atoms with Gasteiger partial charge in [-0.15, -0.1) is 0 Å². The van der Waals surface area contributed by atoms with E-state index >= 15 is 0 Å². The van der Waals surface area contributed by atoms with Crippen LogP contribution in [0.25, 0.3) is 0 Å². The quantitative estimate of drug-likeness (QED) is 0.779. The van der Waals surface area contributed by atoms with Gasteiger partial charge in [-0.2, -0.15) is 18.4 Å². The second-order valence-electron chi connectivity index (χ2n) is 3.64. The number of alkyl halides is 3. The minimum absolute atomic E-state index is 0.528. The molecule has 0 saturated carbocycles. The zero-order chi connectivity index (χ0) is 14.6. The van der Waals surface area contributed by atoms with Gasteiger partial charge in [-0.3, -0.25) is 9.59 Å². The highest BCUT2D eigenvalue weighted by Gasteiger charge is 2.31. The standard InChI is InChI=1S/C11H9F3N2O3/c1-7(4-15)19-10(18)6-16-5-8(11(12,13)14)2-3-9(16)17/h2-3,5,7H,6H2,1H3/t7-/m1/s1. The van der Waals surface area contributed by atoms with Crippen LogP contribution in [-0.2, 0) is 22.3 Å². The van der Waals surface area contributed by atoms with Crippen LogP contribution in [0.3, 0.4) is 0 Å². The predicted molar refractivity (Wildman–Crippen MR) is 56.9 cm³/mol. The van der Waals surface area contributed by atoms with Crippen LogP contribution in [0.2, 0.25) is 0 Å². The molecule has 5 nitrogen and oxygen atoms in total. The van der Waals surface area contributed by atoms with Gasteiger partial charge in [0.15, 0.2) is 6.10 Å². The number of hydrogen-bond donors (Lipinski definition) is 0. The molecule has 0 aromatic carbocycles. The van der Waals surface area contributed by atoms with Crippen LogP contribution in [0.1, 0.15) is 12.5 Å². The highest BCUT2D eigenvalue weighted by Crippen LogP contribution is 2.27. The van der Waals surface area contributed by atoms with Crippen LogP contribution in [0.5, 0.6) is 0 Å². The third kappa shape index (κ3) is 4.13. The van der Waals surface area contributed by atoms with E-state index in [4.69, 9.17) is 5.26 Å². The third-order valence-corrected chi connectivity index (χ3v) is 2.10. The monoisotopic (exact) mass is 274 g/mol. The molecule has 0 bridgehead atoms. The van der Waals surface area contributed by atoms with Crippen molar-refractivity contribution >= 4 is 5.97 Å². The lowest BCUT2D eigenvalue weighted by Gasteiger charge is -2.11. The van der Waals surface area contributed by atoms with E-state index in [1.165, 1.54) is 6.92 Å². The van der Waals surface area contributed by atoms with Crippen LogP contribution in [0.4, 0.5) is 13.2 Å². The van der Waals surface area contributed by atoms with Crippen LogP contribution in [0.15, 0.2) is 23.1 Å². The summed E-state index contributed by atoms with van der Waals surface area (Å²) in [7, 11) is 0. The number of carbonyl (C=O) groups excluding carboxylic acids is 1. The summed E-state index contributed by atoms with van der Waals surface area (Å²) in [6.45, 7) is 0.613. The number of esters is 1. The summed E-state index contributed by atoms with van der Waals surface area (Å²) in [5.41, 5.74) is -1.82. The van der Waals surface area contributed by atoms with E-state index in [1.54, 1.807) is 6.07 Å². The van der Waals surface area contributed by atoms with Crippen molar-refractivity contribution in [3.05, 3.63) is 34.2 Å².